The van der Waals surface area contributed by atoms with E-state index in [4.69, 9.17) is 21.4 Å². The number of rotatable bonds is 6. The van der Waals surface area contributed by atoms with Gasteiger partial charge in [-0.25, -0.2) is 4.90 Å². The maximum Gasteiger partial charge on any atom is 0.298 e. The number of thioether (sulfide) groups is 1. The van der Waals surface area contributed by atoms with Gasteiger partial charge in [-0.3, -0.25) is 9.59 Å². The standard InChI is InChI=1S/C20H18ClNO5S/c1-12-4-2-3-5-16(12)22-19(25)18(28-20(22)26)9-13-6-7-17(15(21)8-13)27-11-14(24)10-23/h2-9,14,23-24H,10-11H2,1H3. The number of halogens is 1. The van der Waals surface area contributed by atoms with Crippen molar-refractivity contribution in [3.8, 4) is 5.75 Å². The van der Waals surface area contributed by atoms with E-state index in [0.717, 1.165) is 17.3 Å². The lowest BCUT2D eigenvalue weighted by Crippen LogP contribution is -2.28. The van der Waals surface area contributed by atoms with E-state index in [1.807, 2.05) is 19.1 Å². The number of aryl methyl sites for hydroxylation is 1. The van der Waals surface area contributed by atoms with E-state index in [1.165, 1.54) is 4.90 Å². The molecule has 0 bridgehead atoms. The Balaban J connectivity index is 1.80. The van der Waals surface area contributed by atoms with Crippen LogP contribution in [-0.2, 0) is 4.79 Å². The number of aliphatic hydroxyl groups is 2. The van der Waals surface area contributed by atoms with Crippen LogP contribution in [0.25, 0.3) is 6.08 Å². The fourth-order valence-corrected chi connectivity index (χ4v) is 3.68. The van der Waals surface area contributed by atoms with Crippen LogP contribution in [0.2, 0.25) is 5.02 Å². The minimum absolute atomic E-state index is 0.0924. The Bertz CT molecular complexity index is 946. The average Bonchev–Trinajstić information content (AvgIpc) is 2.94. The lowest BCUT2D eigenvalue weighted by molar-refractivity contribution is -0.113. The lowest BCUT2D eigenvalue weighted by Gasteiger charge is -2.14. The highest BCUT2D eigenvalue weighted by Crippen LogP contribution is 2.37. The van der Waals surface area contributed by atoms with Gasteiger partial charge in [0.1, 0.15) is 18.5 Å². The zero-order valence-corrected chi connectivity index (χ0v) is 16.5. The molecule has 1 fully saturated rings. The van der Waals surface area contributed by atoms with Crippen LogP contribution < -0.4 is 9.64 Å². The zero-order valence-electron chi connectivity index (χ0n) is 15.0. The second kappa shape index (κ2) is 8.79. The van der Waals surface area contributed by atoms with Crippen molar-refractivity contribution in [2.75, 3.05) is 18.1 Å². The molecule has 28 heavy (non-hydrogen) atoms. The average molecular weight is 420 g/mol. The highest BCUT2D eigenvalue weighted by Gasteiger charge is 2.36. The van der Waals surface area contributed by atoms with Crippen molar-refractivity contribution in [3.05, 3.63) is 63.5 Å². The third kappa shape index (κ3) is 4.39. The van der Waals surface area contributed by atoms with Crippen molar-refractivity contribution < 1.29 is 24.5 Å². The van der Waals surface area contributed by atoms with Crippen LogP contribution in [0.15, 0.2) is 47.4 Å². The molecule has 1 aliphatic heterocycles. The van der Waals surface area contributed by atoms with Crippen LogP contribution in [0.5, 0.6) is 5.75 Å². The Morgan fingerprint density at radius 2 is 2.00 bits per heavy atom. The van der Waals surface area contributed by atoms with Crippen LogP contribution in [0.4, 0.5) is 10.5 Å². The normalized spacial score (nSPS) is 16.7. The summed E-state index contributed by atoms with van der Waals surface area (Å²) in [6.07, 6.45) is 0.602. The molecule has 2 amide bonds. The Morgan fingerprint density at radius 1 is 1.25 bits per heavy atom. The summed E-state index contributed by atoms with van der Waals surface area (Å²) in [5.41, 5.74) is 2.04. The van der Waals surface area contributed by atoms with E-state index in [1.54, 1.807) is 36.4 Å². The van der Waals surface area contributed by atoms with Crippen molar-refractivity contribution in [2.24, 2.45) is 0 Å². The van der Waals surface area contributed by atoms with E-state index in [2.05, 4.69) is 0 Å². The second-order valence-electron chi connectivity index (χ2n) is 6.14. The minimum atomic E-state index is -0.996. The number of hydrogen-bond acceptors (Lipinski definition) is 6. The third-order valence-corrected chi connectivity index (χ3v) is 5.21. The zero-order chi connectivity index (χ0) is 20.3. The van der Waals surface area contributed by atoms with Gasteiger partial charge in [-0.05, 0) is 54.1 Å². The summed E-state index contributed by atoms with van der Waals surface area (Å²) in [6.45, 7) is 1.34. The molecule has 0 spiro atoms. The number of nitrogens with zero attached hydrogens (tertiary/aromatic N) is 1. The van der Waals surface area contributed by atoms with Gasteiger partial charge in [0.2, 0.25) is 0 Å². The molecule has 2 aromatic rings. The molecule has 8 heteroatoms. The summed E-state index contributed by atoms with van der Waals surface area (Å²) in [5.74, 6) is -0.0360. The number of para-hydroxylation sites is 1. The first-order valence-corrected chi connectivity index (χ1v) is 9.65. The Hall–Kier alpha value is -2.32. The van der Waals surface area contributed by atoms with Gasteiger partial charge >= 0.3 is 0 Å². The summed E-state index contributed by atoms with van der Waals surface area (Å²) in [7, 11) is 0. The van der Waals surface area contributed by atoms with E-state index >= 15 is 0 Å². The first-order valence-electron chi connectivity index (χ1n) is 8.45. The maximum atomic E-state index is 12.7. The molecule has 1 saturated heterocycles. The van der Waals surface area contributed by atoms with E-state index in [9.17, 15) is 14.7 Å². The number of aliphatic hydroxyl groups excluding tert-OH is 2. The van der Waals surface area contributed by atoms with Crippen molar-refractivity contribution >= 4 is 46.3 Å². The number of carbonyl (C=O) groups is 2. The number of anilines is 1. The fraction of sp³-hybridized carbons (Fsp3) is 0.200. The Labute approximate surface area is 171 Å². The third-order valence-electron chi connectivity index (χ3n) is 4.05. The molecule has 3 rings (SSSR count). The van der Waals surface area contributed by atoms with Gasteiger partial charge in [0.05, 0.1) is 22.2 Å². The smallest absolute Gasteiger partial charge is 0.298 e. The summed E-state index contributed by atoms with van der Waals surface area (Å²) in [6, 6.07) is 12.1. The molecule has 2 N–H and O–H groups in total. The highest BCUT2D eigenvalue weighted by atomic mass is 35.5. The van der Waals surface area contributed by atoms with Gasteiger partial charge in [-0.2, -0.15) is 0 Å². The molecule has 1 unspecified atom stereocenters. The number of carbonyl (C=O) groups excluding carboxylic acids is 2. The quantitative estimate of drug-likeness (QED) is 0.695. The van der Waals surface area contributed by atoms with Crippen LogP contribution >= 0.6 is 23.4 Å². The number of imide groups is 1. The van der Waals surface area contributed by atoms with E-state index in [0.29, 0.717) is 21.9 Å². The monoisotopic (exact) mass is 419 g/mol. The topological polar surface area (TPSA) is 87.1 Å². The number of amides is 2. The van der Waals surface area contributed by atoms with Gasteiger partial charge in [0.15, 0.2) is 0 Å². The fourth-order valence-electron chi connectivity index (χ4n) is 2.60. The SMILES string of the molecule is Cc1ccccc1N1C(=O)SC(=Cc2ccc(OCC(O)CO)c(Cl)c2)C1=O. The van der Waals surface area contributed by atoms with Gasteiger partial charge in [-0.15, -0.1) is 0 Å². The molecular formula is C20H18ClNO5S. The van der Waals surface area contributed by atoms with Gasteiger partial charge in [0.25, 0.3) is 11.1 Å². The molecule has 1 atom stereocenters. The predicted molar refractivity (Wildman–Crippen MR) is 110 cm³/mol. The molecule has 1 aliphatic rings. The second-order valence-corrected chi connectivity index (χ2v) is 7.54. The van der Waals surface area contributed by atoms with Gasteiger partial charge < -0.3 is 14.9 Å². The minimum Gasteiger partial charge on any atom is -0.489 e. The first kappa shape index (κ1) is 20.4. The summed E-state index contributed by atoms with van der Waals surface area (Å²) in [4.78, 5) is 26.6. The number of hydrogen-bond donors (Lipinski definition) is 2. The maximum absolute atomic E-state index is 12.7. The van der Waals surface area contributed by atoms with Crippen LogP contribution in [0.3, 0.4) is 0 Å². The van der Waals surface area contributed by atoms with Crippen molar-refractivity contribution in [2.45, 2.75) is 13.0 Å². The molecule has 0 aromatic heterocycles. The summed E-state index contributed by atoms with van der Waals surface area (Å²) in [5, 5.41) is 18.1. The molecule has 2 aromatic carbocycles. The van der Waals surface area contributed by atoms with Crippen molar-refractivity contribution in [1.29, 1.82) is 0 Å². The van der Waals surface area contributed by atoms with E-state index in [-0.39, 0.29) is 22.8 Å². The van der Waals surface area contributed by atoms with Crippen LogP contribution in [-0.4, -0.2) is 40.7 Å². The highest BCUT2D eigenvalue weighted by molar-refractivity contribution is 8.19. The van der Waals surface area contributed by atoms with Gasteiger partial charge in [0, 0.05) is 0 Å². The van der Waals surface area contributed by atoms with Crippen molar-refractivity contribution in [1.82, 2.24) is 0 Å². The van der Waals surface area contributed by atoms with E-state index < -0.39 is 12.7 Å². The van der Waals surface area contributed by atoms with Gasteiger partial charge in [-0.1, -0.05) is 35.9 Å². The number of ether oxygens (including phenoxy) is 1. The molecule has 0 radical (unpaired) electrons. The van der Waals surface area contributed by atoms with Crippen LogP contribution in [0.1, 0.15) is 11.1 Å². The lowest BCUT2D eigenvalue weighted by atomic mass is 10.1. The molecule has 1 heterocycles. The largest absolute Gasteiger partial charge is 0.489 e. The molecule has 146 valence electrons. The molecule has 6 nitrogen and oxygen atoms in total. The molecule has 0 saturated carbocycles. The summed E-state index contributed by atoms with van der Waals surface area (Å²) < 4.78 is 5.34. The Morgan fingerprint density at radius 3 is 2.68 bits per heavy atom. The summed E-state index contributed by atoms with van der Waals surface area (Å²) >= 11 is 7.06. The Kier molecular flexibility index (Phi) is 6.41. The van der Waals surface area contributed by atoms with Crippen LogP contribution in [0, 0.1) is 6.92 Å². The number of benzene rings is 2. The molecule has 0 aliphatic carbocycles. The van der Waals surface area contributed by atoms with Crippen molar-refractivity contribution in [3.63, 3.8) is 0 Å². The first-order chi connectivity index (χ1) is 13.4. The predicted octanol–water partition coefficient (Wildman–Crippen LogP) is 3.62. The molecular weight excluding hydrogens is 402 g/mol.